The Kier molecular flexibility index (Phi) is 5.26. The second-order valence-electron chi connectivity index (χ2n) is 5.81. The first-order valence-corrected chi connectivity index (χ1v) is 8.47. The second kappa shape index (κ2) is 7.77. The minimum atomic E-state index is 0.217. The number of aromatic nitrogens is 3. The lowest BCUT2D eigenvalue weighted by Gasteiger charge is -2.22. The number of aliphatic hydroxyl groups excluding tert-OH is 1. The van der Waals surface area contributed by atoms with Crippen LogP contribution in [0.15, 0.2) is 42.7 Å². The molecule has 128 valence electrons. The van der Waals surface area contributed by atoms with Gasteiger partial charge >= 0.3 is 0 Å². The molecule has 0 spiro atoms. The van der Waals surface area contributed by atoms with Gasteiger partial charge in [0.1, 0.15) is 5.82 Å². The molecule has 0 amide bonds. The highest BCUT2D eigenvalue weighted by molar-refractivity contribution is 5.79. The summed E-state index contributed by atoms with van der Waals surface area (Å²) < 4.78 is 1.75. The molecule has 3 aromatic heterocycles. The van der Waals surface area contributed by atoms with Gasteiger partial charge < -0.3 is 10.0 Å². The van der Waals surface area contributed by atoms with Crippen LogP contribution in [-0.2, 0) is 0 Å². The van der Waals surface area contributed by atoms with Gasteiger partial charge in [-0.2, -0.15) is 10.4 Å². The predicted molar refractivity (Wildman–Crippen MR) is 97.3 cm³/mol. The summed E-state index contributed by atoms with van der Waals surface area (Å²) in [7, 11) is 0. The fourth-order valence-electron chi connectivity index (χ4n) is 2.85. The molecular weight excluding hydrogens is 314 g/mol. The topological polar surface area (TPSA) is 77.5 Å². The summed E-state index contributed by atoms with van der Waals surface area (Å²) in [6, 6.07) is 11.7. The summed E-state index contributed by atoms with van der Waals surface area (Å²) in [4.78, 5) is 7.00. The predicted octanol–water partition coefficient (Wildman–Crippen LogP) is 2.87. The van der Waals surface area contributed by atoms with Gasteiger partial charge in [0.25, 0.3) is 0 Å². The molecule has 6 heteroatoms. The third-order valence-electron chi connectivity index (χ3n) is 4.20. The van der Waals surface area contributed by atoms with Crippen molar-refractivity contribution in [3.63, 3.8) is 0 Å². The van der Waals surface area contributed by atoms with Gasteiger partial charge in [-0.3, -0.25) is 0 Å². The van der Waals surface area contributed by atoms with Crippen LogP contribution in [0.1, 0.15) is 25.3 Å². The van der Waals surface area contributed by atoms with Gasteiger partial charge in [0.05, 0.1) is 29.0 Å². The number of rotatable bonds is 7. The Morgan fingerprint density at radius 3 is 2.92 bits per heavy atom. The van der Waals surface area contributed by atoms with Crippen LogP contribution in [0.25, 0.3) is 16.8 Å². The average Bonchev–Trinajstić information content (AvgIpc) is 3.08. The number of nitrogens with zero attached hydrogens (tertiary/aromatic N) is 5. The molecule has 3 aromatic rings. The molecule has 0 saturated heterocycles. The number of pyridine rings is 2. The molecule has 0 aliphatic heterocycles. The van der Waals surface area contributed by atoms with Crippen molar-refractivity contribution in [3.8, 4) is 17.3 Å². The van der Waals surface area contributed by atoms with Crippen LogP contribution in [0.4, 0.5) is 5.82 Å². The number of unbranched alkanes of at least 4 members (excludes halogenated alkanes) is 1. The Bertz CT molecular complexity index is 896. The van der Waals surface area contributed by atoms with Gasteiger partial charge in [0.15, 0.2) is 0 Å². The van der Waals surface area contributed by atoms with Gasteiger partial charge in [-0.15, -0.1) is 0 Å². The van der Waals surface area contributed by atoms with Crippen molar-refractivity contribution in [2.75, 3.05) is 24.6 Å². The highest BCUT2D eigenvalue weighted by Gasteiger charge is 2.11. The third-order valence-corrected chi connectivity index (χ3v) is 4.20. The number of aliphatic hydroxyl groups is 1. The summed E-state index contributed by atoms with van der Waals surface area (Å²) in [5, 5.41) is 22.4. The van der Waals surface area contributed by atoms with E-state index in [4.69, 9.17) is 15.4 Å². The molecule has 0 unspecified atom stereocenters. The van der Waals surface area contributed by atoms with Gasteiger partial charge in [0.2, 0.25) is 0 Å². The lowest BCUT2D eigenvalue weighted by atomic mass is 10.1. The Morgan fingerprint density at radius 2 is 2.16 bits per heavy atom. The first kappa shape index (κ1) is 16.9. The average molecular weight is 335 g/mol. The Morgan fingerprint density at radius 1 is 1.28 bits per heavy atom. The maximum atomic E-state index is 9.13. The smallest absolute Gasteiger partial charge is 0.129 e. The monoisotopic (exact) mass is 335 g/mol. The van der Waals surface area contributed by atoms with Crippen molar-refractivity contribution in [1.29, 1.82) is 5.26 Å². The second-order valence-corrected chi connectivity index (χ2v) is 5.81. The fraction of sp³-hybridized carbons (Fsp3) is 0.316. The maximum absolute atomic E-state index is 9.13. The van der Waals surface area contributed by atoms with Crippen LogP contribution in [0, 0.1) is 11.3 Å². The summed E-state index contributed by atoms with van der Waals surface area (Å²) in [5.74, 6) is 0.911. The Hall–Kier alpha value is -2.91. The molecule has 6 nitrogen and oxygen atoms in total. The standard InChI is InChI=1S/C19H21N5O/c1-2-23(9-3-4-11-25)19-7-5-6-17(22-19)16-14-21-24-10-8-15(13-20)12-18(16)24/h5-8,10,12,14,25H,2-4,9,11H2,1H3. The summed E-state index contributed by atoms with van der Waals surface area (Å²) in [5.41, 5.74) is 3.21. The molecule has 0 aliphatic carbocycles. The molecule has 0 atom stereocenters. The SMILES string of the molecule is CCN(CCCCO)c1cccc(-c2cnn3ccc(C#N)cc23)n1. The van der Waals surface area contributed by atoms with E-state index in [1.54, 1.807) is 23.0 Å². The zero-order chi connectivity index (χ0) is 17.6. The molecule has 25 heavy (non-hydrogen) atoms. The van der Waals surface area contributed by atoms with Crippen LogP contribution >= 0.6 is 0 Å². The van der Waals surface area contributed by atoms with E-state index < -0.39 is 0 Å². The van der Waals surface area contributed by atoms with Gasteiger partial charge in [0, 0.05) is 31.5 Å². The van der Waals surface area contributed by atoms with Crippen LogP contribution in [-0.4, -0.2) is 39.4 Å². The van der Waals surface area contributed by atoms with Crippen LogP contribution in [0.2, 0.25) is 0 Å². The largest absolute Gasteiger partial charge is 0.396 e. The molecule has 0 aromatic carbocycles. The molecule has 0 bridgehead atoms. The Labute approximate surface area is 147 Å². The summed E-state index contributed by atoms with van der Waals surface area (Å²) >= 11 is 0. The first-order chi connectivity index (χ1) is 12.3. The van der Waals surface area contributed by atoms with Gasteiger partial charge in [-0.05, 0) is 44.0 Å². The zero-order valence-corrected chi connectivity index (χ0v) is 14.3. The Balaban J connectivity index is 1.95. The van der Waals surface area contributed by atoms with Crippen molar-refractivity contribution < 1.29 is 5.11 Å². The van der Waals surface area contributed by atoms with E-state index in [1.807, 2.05) is 24.3 Å². The highest BCUT2D eigenvalue weighted by Crippen LogP contribution is 2.25. The van der Waals surface area contributed by atoms with E-state index in [0.29, 0.717) is 5.56 Å². The number of anilines is 1. The van der Waals surface area contributed by atoms with E-state index in [2.05, 4.69) is 23.0 Å². The summed E-state index contributed by atoms with van der Waals surface area (Å²) in [6.45, 7) is 4.03. The minimum absolute atomic E-state index is 0.217. The molecule has 3 heterocycles. The van der Waals surface area contributed by atoms with Crippen molar-refractivity contribution in [3.05, 3.63) is 48.3 Å². The molecule has 1 N–H and O–H groups in total. The summed E-state index contributed by atoms with van der Waals surface area (Å²) in [6.07, 6.45) is 5.29. The fourth-order valence-corrected chi connectivity index (χ4v) is 2.85. The molecule has 3 rings (SSSR count). The van der Waals surface area contributed by atoms with Crippen molar-refractivity contribution in [2.24, 2.45) is 0 Å². The number of hydrogen-bond acceptors (Lipinski definition) is 5. The van der Waals surface area contributed by atoms with E-state index in [9.17, 15) is 0 Å². The van der Waals surface area contributed by atoms with Crippen molar-refractivity contribution in [2.45, 2.75) is 19.8 Å². The van der Waals surface area contributed by atoms with Crippen molar-refractivity contribution in [1.82, 2.24) is 14.6 Å². The zero-order valence-electron chi connectivity index (χ0n) is 14.3. The lowest BCUT2D eigenvalue weighted by molar-refractivity contribution is 0.285. The number of hydrogen-bond donors (Lipinski definition) is 1. The van der Waals surface area contributed by atoms with E-state index in [0.717, 1.165) is 48.5 Å². The first-order valence-electron chi connectivity index (χ1n) is 8.47. The minimum Gasteiger partial charge on any atom is -0.396 e. The van der Waals surface area contributed by atoms with Crippen molar-refractivity contribution >= 4 is 11.3 Å². The highest BCUT2D eigenvalue weighted by atomic mass is 16.2. The van der Waals surface area contributed by atoms with E-state index >= 15 is 0 Å². The van der Waals surface area contributed by atoms with Gasteiger partial charge in [-0.1, -0.05) is 6.07 Å². The molecule has 0 fully saturated rings. The normalized spacial score (nSPS) is 10.8. The third kappa shape index (κ3) is 3.62. The maximum Gasteiger partial charge on any atom is 0.129 e. The van der Waals surface area contributed by atoms with E-state index in [1.165, 1.54) is 0 Å². The van der Waals surface area contributed by atoms with Crippen LogP contribution < -0.4 is 4.90 Å². The number of fused-ring (bicyclic) bond motifs is 1. The number of nitriles is 1. The van der Waals surface area contributed by atoms with E-state index in [-0.39, 0.29) is 6.61 Å². The molecular formula is C19H21N5O. The van der Waals surface area contributed by atoms with Crippen LogP contribution in [0.5, 0.6) is 0 Å². The molecule has 0 radical (unpaired) electrons. The van der Waals surface area contributed by atoms with Gasteiger partial charge in [-0.25, -0.2) is 9.50 Å². The molecule has 0 aliphatic rings. The lowest BCUT2D eigenvalue weighted by Crippen LogP contribution is -2.25. The van der Waals surface area contributed by atoms with Crippen LogP contribution in [0.3, 0.4) is 0 Å². The molecule has 0 saturated carbocycles. The quantitative estimate of drug-likeness (QED) is 0.672.